The van der Waals surface area contributed by atoms with Crippen LogP contribution in [0.15, 0.2) is 29.1 Å². The number of aromatic nitrogens is 3. The molecular formula is C9H8ClN5OS. The minimum Gasteiger partial charge on any atom is -0.300 e. The molecule has 0 bridgehead atoms. The van der Waals surface area contributed by atoms with Crippen molar-refractivity contribution in [3.8, 4) is 0 Å². The van der Waals surface area contributed by atoms with E-state index in [1.807, 2.05) is 0 Å². The highest BCUT2D eigenvalue weighted by atomic mass is 35.5. The van der Waals surface area contributed by atoms with Crippen LogP contribution in [0.2, 0.25) is 5.02 Å². The average Bonchev–Trinajstić information content (AvgIpc) is 2.75. The van der Waals surface area contributed by atoms with E-state index in [4.69, 9.17) is 23.8 Å². The molecule has 17 heavy (non-hydrogen) atoms. The van der Waals surface area contributed by atoms with Crippen molar-refractivity contribution in [1.29, 1.82) is 0 Å². The van der Waals surface area contributed by atoms with Crippen molar-refractivity contribution in [2.24, 2.45) is 0 Å². The average molecular weight is 270 g/mol. The van der Waals surface area contributed by atoms with Gasteiger partial charge in [0.05, 0.1) is 5.69 Å². The zero-order valence-corrected chi connectivity index (χ0v) is 10.0. The van der Waals surface area contributed by atoms with Gasteiger partial charge in [0.1, 0.15) is 0 Å². The van der Waals surface area contributed by atoms with Gasteiger partial charge < -0.3 is 5.43 Å². The van der Waals surface area contributed by atoms with Crippen molar-refractivity contribution in [3.05, 3.63) is 45.6 Å². The molecule has 1 aromatic carbocycles. The molecule has 0 saturated carbocycles. The van der Waals surface area contributed by atoms with Gasteiger partial charge in [-0.25, -0.2) is 9.89 Å². The summed E-state index contributed by atoms with van der Waals surface area (Å²) in [5.74, 6) is 0.270. The summed E-state index contributed by atoms with van der Waals surface area (Å²) < 4.78 is 0. The summed E-state index contributed by atoms with van der Waals surface area (Å²) in [5.41, 5.74) is 5.97. The molecule has 4 N–H and O–H groups in total. The van der Waals surface area contributed by atoms with Crippen LogP contribution in [0.4, 0.5) is 5.69 Å². The van der Waals surface area contributed by atoms with Crippen LogP contribution < -0.4 is 16.5 Å². The smallest absolute Gasteiger partial charge is 0.300 e. The van der Waals surface area contributed by atoms with Gasteiger partial charge >= 0.3 is 5.69 Å². The molecule has 2 aromatic rings. The van der Waals surface area contributed by atoms with Crippen LogP contribution in [0.3, 0.4) is 0 Å². The summed E-state index contributed by atoms with van der Waals surface area (Å²) in [6.45, 7) is 0. The van der Waals surface area contributed by atoms with Gasteiger partial charge in [0.25, 0.3) is 0 Å². The fraction of sp³-hybridized carbons (Fsp3) is 0. The molecule has 1 aromatic heterocycles. The second-order valence-corrected chi connectivity index (χ2v) is 3.96. The number of thiocarbonyl (C=S) groups is 1. The Morgan fingerprint density at radius 3 is 2.65 bits per heavy atom. The molecule has 0 atom stereocenters. The first kappa shape index (κ1) is 11.6. The standard InChI is InChI=1S/C9H8ClN5OS/c10-5-1-3-6(4-2-5)12-14-8(17)7-11-9(16)15-13-7/h1-4,12H,(H,14,17)(H2,11,13,15,16). The molecule has 8 heteroatoms. The quantitative estimate of drug-likeness (QED) is 0.494. The summed E-state index contributed by atoms with van der Waals surface area (Å²) >= 11 is 10.8. The third-order valence-electron chi connectivity index (χ3n) is 1.88. The van der Waals surface area contributed by atoms with Gasteiger partial charge in [0.2, 0.25) is 0 Å². The minimum atomic E-state index is -0.407. The van der Waals surface area contributed by atoms with Gasteiger partial charge in [-0.1, -0.05) is 23.8 Å². The highest BCUT2D eigenvalue weighted by Crippen LogP contribution is 2.12. The fourth-order valence-corrected chi connectivity index (χ4v) is 1.37. The van der Waals surface area contributed by atoms with Crippen LogP contribution in [0, 0.1) is 0 Å². The first-order valence-electron chi connectivity index (χ1n) is 4.62. The van der Waals surface area contributed by atoms with E-state index >= 15 is 0 Å². The largest absolute Gasteiger partial charge is 0.340 e. The van der Waals surface area contributed by atoms with Gasteiger partial charge in [0.15, 0.2) is 10.8 Å². The van der Waals surface area contributed by atoms with Crippen LogP contribution in [-0.2, 0) is 0 Å². The highest BCUT2D eigenvalue weighted by molar-refractivity contribution is 7.80. The molecule has 2 rings (SSSR count). The molecule has 88 valence electrons. The molecular weight excluding hydrogens is 262 g/mol. The molecule has 0 radical (unpaired) electrons. The summed E-state index contributed by atoms with van der Waals surface area (Å²) in [4.78, 5) is 13.5. The van der Waals surface area contributed by atoms with E-state index in [9.17, 15) is 4.79 Å². The van der Waals surface area contributed by atoms with Gasteiger partial charge in [-0.05, 0) is 24.3 Å². The number of anilines is 1. The van der Waals surface area contributed by atoms with Gasteiger partial charge in [-0.2, -0.15) is 0 Å². The van der Waals surface area contributed by atoms with E-state index in [1.54, 1.807) is 24.3 Å². The summed E-state index contributed by atoms with van der Waals surface area (Å²) in [6, 6.07) is 7.05. The number of halogens is 1. The number of aromatic amines is 2. The predicted octanol–water partition coefficient (Wildman–Crippen LogP) is 1.04. The lowest BCUT2D eigenvalue weighted by Crippen LogP contribution is -2.29. The lowest BCUT2D eigenvalue weighted by Gasteiger charge is -2.08. The maximum atomic E-state index is 10.8. The Bertz CT molecular complexity index is 576. The molecule has 0 saturated heterocycles. The van der Waals surface area contributed by atoms with E-state index in [1.165, 1.54) is 0 Å². The Morgan fingerprint density at radius 2 is 2.06 bits per heavy atom. The van der Waals surface area contributed by atoms with Crippen molar-refractivity contribution in [2.75, 3.05) is 5.43 Å². The number of hydrazine groups is 1. The van der Waals surface area contributed by atoms with E-state index in [2.05, 4.69) is 26.0 Å². The second-order valence-electron chi connectivity index (χ2n) is 3.11. The number of benzene rings is 1. The maximum absolute atomic E-state index is 10.8. The Labute approximate surface area is 106 Å². The van der Waals surface area contributed by atoms with Crippen LogP contribution in [0.5, 0.6) is 0 Å². The van der Waals surface area contributed by atoms with Crippen molar-refractivity contribution < 1.29 is 0 Å². The van der Waals surface area contributed by atoms with Gasteiger partial charge in [0, 0.05) is 5.02 Å². The number of hydrogen-bond donors (Lipinski definition) is 4. The van der Waals surface area contributed by atoms with E-state index in [0.29, 0.717) is 5.02 Å². The van der Waals surface area contributed by atoms with E-state index in [0.717, 1.165) is 5.69 Å². The zero-order chi connectivity index (χ0) is 12.3. The maximum Gasteiger partial charge on any atom is 0.340 e. The van der Waals surface area contributed by atoms with Crippen molar-refractivity contribution in [1.82, 2.24) is 20.6 Å². The lowest BCUT2D eigenvalue weighted by atomic mass is 10.3. The highest BCUT2D eigenvalue weighted by Gasteiger charge is 2.04. The molecule has 1 heterocycles. The number of rotatable bonds is 3. The first-order chi connectivity index (χ1) is 8.15. The van der Waals surface area contributed by atoms with Crippen molar-refractivity contribution in [2.45, 2.75) is 0 Å². The third kappa shape index (κ3) is 3.05. The summed E-state index contributed by atoms with van der Waals surface area (Å²) in [5, 5.41) is 6.55. The Balaban J connectivity index is 1.96. The lowest BCUT2D eigenvalue weighted by molar-refractivity contribution is 1.03. The van der Waals surface area contributed by atoms with Crippen LogP contribution in [0.1, 0.15) is 5.82 Å². The first-order valence-corrected chi connectivity index (χ1v) is 5.40. The van der Waals surface area contributed by atoms with Crippen molar-refractivity contribution in [3.63, 3.8) is 0 Å². The Kier molecular flexibility index (Phi) is 3.40. The third-order valence-corrected chi connectivity index (χ3v) is 2.43. The summed E-state index contributed by atoms with van der Waals surface area (Å²) in [6.07, 6.45) is 0. The topological polar surface area (TPSA) is 85.6 Å². The van der Waals surface area contributed by atoms with Crippen LogP contribution in [-0.4, -0.2) is 20.2 Å². The predicted molar refractivity (Wildman–Crippen MR) is 69.1 cm³/mol. The van der Waals surface area contributed by atoms with Gasteiger partial charge in [-0.3, -0.25) is 10.4 Å². The van der Waals surface area contributed by atoms with E-state index < -0.39 is 5.69 Å². The molecule has 6 nitrogen and oxygen atoms in total. The molecule has 0 aliphatic carbocycles. The molecule has 0 spiro atoms. The monoisotopic (exact) mass is 269 g/mol. The number of H-pyrrole nitrogens is 2. The van der Waals surface area contributed by atoms with Crippen molar-refractivity contribution >= 4 is 34.5 Å². The van der Waals surface area contributed by atoms with Crippen LogP contribution >= 0.6 is 23.8 Å². The SMILES string of the molecule is O=c1[nH]nc(C(=S)NNc2ccc(Cl)cc2)[nH]1. The molecule has 0 fully saturated rings. The normalized spacial score (nSPS) is 9.94. The van der Waals surface area contributed by atoms with Crippen LogP contribution in [0.25, 0.3) is 0 Å². The Hall–Kier alpha value is -1.86. The molecule has 0 unspecified atom stereocenters. The zero-order valence-electron chi connectivity index (χ0n) is 8.45. The number of nitrogens with one attached hydrogen (secondary N) is 4. The Morgan fingerprint density at radius 1 is 1.35 bits per heavy atom. The summed E-state index contributed by atoms with van der Waals surface area (Å²) in [7, 11) is 0. The molecule has 0 aliphatic heterocycles. The number of nitrogens with zero attached hydrogens (tertiary/aromatic N) is 1. The molecule has 0 aliphatic rings. The minimum absolute atomic E-state index is 0.270. The number of hydrogen-bond acceptors (Lipinski definition) is 4. The molecule has 0 amide bonds. The van der Waals surface area contributed by atoms with E-state index in [-0.39, 0.29) is 10.8 Å². The van der Waals surface area contributed by atoms with Gasteiger partial charge in [-0.15, -0.1) is 5.10 Å². The second kappa shape index (κ2) is 4.98. The fourth-order valence-electron chi connectivity index (χ4n) is 1.10.